The standard InChI is InChI=1S/C13H16N4O2/c1-3-18-9-7-11-10(12(8-9)19-4-2)5-6-13-14-15-16-17(11)13/h7-8H,3-6H2,1-2H3. The van der Waals surface area contributed by atoms with E-state index in [0.717, 1.165) is 41.4 Å². The van der Waals surface area contributed by atoms with Crippen molar-refractivity contribution in [3.8, 4) is 17.2 Å². The van der Waals surface area contributed by atoms with E-state index in [1.54, 1.807) is 4.68 Å². The first-order valence-electron chi connectivity index (χ1n) is 6.53. The Kier molecular flexibility index (Phi) is 3.06. The minimum absolute atomic E-state index is 0.618. The molecule has 100 valence electrons. The molecule has 1 aliphatic rings. The number of nitrogens with zero attached hydrogens (tertiary/aromatic N) is 4. The lowest BCUT2D eigenvalue weighted by Gasteiger charge is -2.20. The lowest BCUT2D eigenvalue weighted by molar-refractivity contribution is 0.319. The Morgan fingerprint density at radius 2 is 2.00 bits per heavy atom. The van der Waals surface area contributed by atoms with Gasteiger partial charge in [0.05, 0.1) is 18.9 Å². The summed E-state index contributed by atoms with van der Waals surface area (Å²) < 4.78 is 13.1. The van der Waals surface area contributed by atoms with Gasteiger partial charge in [0.25, 0.3) is 0 Å². The van der Waals surface area contributed by atoms with Crippen LogP contribution in [0.1, 0.15) is 25.2 Å². The zero-order valence-corrected chi connectivity index (χ0v) is 11.1. The fraction of sp³-hybridized carbons (Fsp3) is 0.462. The first kappa shape index (κ1) is 12.0. The van der Waals surface area contributed by atoms with Gasteiger partial charge in [-0.25, -0.2) is 0 Å². The highest BCUT2D eigenvalue weighted by Crippen LogP contribution is 2.34. The summed E-state index contributed by atoms with van der Waals surface area (Å²) in [7, 11) is 0. The maximum absolute atomic E-state index is 5.72. The molecule has 0 aliphatic carbocycles. The second-order valence-electron chi connectivity index (χ2n) is 4.29. The van der Waals surface area contributed by atoms with Gasteiger partial charge < -0.3 is 9.47 Å². The van der Waals surface area contributed by atoms with E-state index >= 15 is 0 Å². The smallest absolute Gasteiger partial charge is 0.157 e. The van der Waals surface area contributed by atoms with Crippen molar-refractivity contribution in [2.45, 2.75) is 26.7 Å². The van der Waals surface area contributed by atoms with E-state index in [1.165, 1.54) is 0 Å². The maximum atomic E-state index is 5.72. The Balaban J connectivity index is 2.14. The number of tetrazole rings is 1. The molecule has 0 unspecified atom stereocenters. The lowest BCUT2D eigenvalue weighted by Crippen LogP contribution is -2.15. The van der Waals surface area contributed by atoms with Crippen molar-refractivity contribution in [1.82, 2.24) is 20.2 Å². The minimum Gasteiger partial charge on any atom is -0.494 e. The molecule has 0 atom stereocenters. The molecule has 0 spiro atoms. The molecular weight excluding hydrogens is 244 g/mol. The molecule has 0 fully saturated rings. The van der Waals surface area contributed by atoms with Crippen LogP contribution in [0, 0.1) is 0 Å². The topological polar surface area (TPSA) is 62.1 Å². The highest BCUT2D eigenvalue weighted by atomic mass is 16.5. The average Bonchev–Trinajstić information content (AvgIpc) is 2.88. The van der Waals surface area contributed by atoms with Crippen LogP contribution >= 0.6 is 0 Å². The van der Waals surface area contributed by atoms with Gasteiger partial charge in [-0.3, -0.25) is 0 Å². The number of hydrogen-bond acceptors (Lipinski definition) is 5. The van der Waals surface area contributed by atoms with Crippen LogP contribution in [0.3, 0.4) is 0 Å². The van der Waals surface area contributed by atoms with Crippen molar-refractivity contribution in [2.75, 3.05) is 13.2 Å². The van der Waals surface area contributed by atoms with E-state index in [-0.39, 0.29) is 0 Å². The molecule has 1 aliphatic heterocycles. The summed E-state index contributed by atoms with van der Waals surface area (Å²) >= 11 is 0. The third-order valence-electron chi connectivity index (χ3n) is 3.13. The molecule has 2 heterocycles. The van der Waals surface area contributed by atoms with Crippen LogP contribution in [-0.4, -0.2) is 33.4 Å². The molecule has 0 radical (unpaired) electrons. The lowest BCUT2D eigenvalue weighted by atomic mass is 10.0. The minimum atomic E-state index is 0.618. The summed E-state index contributed by atoms with van der Waals surface area (Å²) in [5, 5.41) is 11.8. The Hall–Kier alpha value is -2.11. The largest absolute Gasteiger partial charge is 0.494 e. The first-order chi connectivity index (χ1) is 9.33. The summed E-state index contributed by atoms with van der Waals surface area (Å²) in [5.41, 5.74) is 2.10. The zero-order valence-electron chi connectivity index (χ0n) is 11.1. The fourth-order valence-corrected chi connectivity index (χ4v) is 2.37. The second kappa shape index (κ2) is 4.87. The summed E-state index contributed by atoms with van der Waals surface area (Å²) in [6.45, 7) is 5.19. The number of benzene rings is 1. The van der Waals surface area contributed by atoms with Crippen LogP contribution in [0.25, 0.3) is 5.69 Å². The number of hydrogen-bond donors (Lipinski definition) is 0. The van der Waals surface area contributed by atoms with Crippen molar-refractivity contribution in [3.63, 3.8) is 0 Å². The predicted octanol–water partition coefficient (Wildman–Crippen LogP) is 1.56. The molecule has 1 aromatic heterocycles. The molecule has 0 saturated heterocycles. The van der Waals surface area contributed by atoms with Crippen LogP contribution in [0.2, 0.25) is 0 Å². The zero-order chi connectivity index (χ0) is 13.2. The molecule has 2 aromatic rings. The van der Waals surface area contributed by atoms with Crippen molar-refractivity contribution < 1.29 is 9.47 Å². The molecule has 0 amide bonds. The van der Waals surface area contributed by atoms with E-state index in [2.05, 4.69) is 15.5 Å². The molecule has 19 heavy (non-hydrogen) atoms. The maximum Gasteiger partial charge on any atom is 0.157 e. The summed E-state index contributed by atoms with van der Waals surface area (Å²) in [6, 6.07) is 3.92. The number of fused-ring (bicyclic) bond motifs is 3. The van der Waals surface area contributed by atoms with E-state index in [1.807, 2.05) is 26.0 Å². The molecule has 1 aromatic carbocycles. The van der Waals surface area contributed by atoms with E-state index in [0.29, 0.717) is 13.2 Å². The Bertz CT molecular complexity index is 594. The van der Waals surface area contributed by atoms with Gasteiger partial charge >= 0.3 is 0 Å². The van der Waals surface area contributed by atoms with Gasteiger partial charge in [0.15, 0.2) is 5.82 Å². The monoisotopic (exact) mass is 260 g/mol. The Labute approximate surface area is 111 Å². The number of aryl methyl sites for hydroxylation is 1. The van der Waals surface area contributed by atoms with Crippen LogP contribution in [0.5, 0.6) is 11.5 Å². The molecule has 3 rings (SSSR count). The quantitative estimate of drug-likeness (QED) is 0.834. The molecule has 0 N–H and O–H groups in total. The van der Waals surface area contributed by atoms with E-state index < -0.39 is 0 Å². The third kappa shape index (κ3) is 2.03. The fourth-order valence-electron chi connectivity index (χ4n) is 2.37. The SMILES string of the molecule is CCOc1cc(OCC)c2c(c1)-n1nnnc1CC2. The highest BCUT2D eigenvalue weighted by Gasteiger charge is 2.23. The van der Waals surface area contributed by atoms with Crippen LogP contribution in [0.4, 0.5) is 0 Å². The van der Waals surface area contributed by atoms with E-state index in [9.17, 15) is 0 Å². The number of rotatable bonds is 4. The highest BCUT2D eigenvalue weighted by molar-refractivity contribution is 5.56. The normalized spacial score (nSPS) is 12.7. The van der Waals surface area contributed by atoms with Crippen molar-refractivity contribution >= 4 is 0 Å². The predicted molar refractivity (Wildman–Crippen MR) is 68.9 cm³/mol. The number of ether oxygens (including phenoxy) is 2. The van der Waals surface area contributed by atoms with Crippen LogP contribution in [-0.2, 0) is 12.8 Å². The van der Waals surface area contributed by atoms with Crippen molar-refractivity contribution in [2.24, 2.45) is 0 Å². The molecule has 0 bridgehead atoms. The van der Waals surface area contributed by atoms with Gasteiger partial charge in [-0.2, -0.15) is 4.68 Å². The van der Waals surface area contributed by atoms with Crippen LogP contribution in [0.15, 0.2) is 12.1 Å². The second-order valence-corrected chi connectivity index (χ2v) is 4.29. The summed E-state index contributed by atoms with van der Waals surface area (Å²) in [4.78, 5) is 0. The Morgan fingerprint density at radius 1 is 1.16 bits per heavy atom. The van der Waals surface area contributed by atoms with Crippen LogP contribution < -0.4 is 9.47 Å². The van der Waals surface area contributed by atoms with Crippen molar-refractivity contribution in [1.29, 1.82) is 0 Å². The van der Waals surface area contributed by atoms with Gasteiger partial charge in [0.2, 0.25) is 0 Å². The number of aromatic nitrogens is 4. The van der Waals surface area contributed by atoms with Gasteiger partial charge in [-0.05, 0) is 30.7 Å². The molecule has 0 saturated carbocycles. The molecule has 6 nitrogen and oxygen atoms in total. The third-order valence-corrected chi connectivity index (χ3v) is 3.13. The average molecular weight is 260 g/mol. The van der Waals surface area contributed by atoms with Gasteiger partial charge in [-0.15, -0.1) is 5.10 Å². The van der Waals surface area contributed by atoms with Crippen molar-refractivity contribution in [3.05, 3.63) is 23.5 Å². The Morgan fingerprint density at radius 3 is 2.79 bits per heavy atom. The van der Waals surface area contributed by atoms with Gasteiger partial charge in [0.1, 0.15) is 11.5 Å². The molecule has 6 heteroatoms. The first-order valence-corrected chi connectivity index (χ1v) is 6.53. The summed E-state index contributed by atoms with van der Waals surface area (Å²) in [6.07, 6.45) is 1.71. The van der Waals surface area contributed by atoms with Gasteiger partial charge in [0, 0.05) is 24.1 Å². The molecular formula is C13H16N4O2. The summed E-state index contributed by atoms with van der Waals surface area (Å²) in [5.74, 6) is 2.53. The van der Waals surface area contributed by atoms with Gasteiger partial charge in [-0.1, -0.05) is 0 Å². The van der Waals surface area contributed by atoms with E-state index in [4.69, 9.17) is 9.47 Å².